The van der Waals surface area contributed by atoms with Crippen molar-refractivity contribution >= 4 is 11.8 Å². The van der Waals surface area contributed by atoms with E-state index in [0.29, 0.717) is 32.7 Å². The Hall–Kier alpha value is -2.08. The van der Waals surface area contributed by atoms with E-state index in [1.165, 1.54) is 0 Å². The molecule has 2 rings (SSSR count). The normalized spacial score (nSPS) is 14.9. The topological polar surface area (TPSA) is 67.9 Å². The van der Waals surface area contributed by atoms with Gasteiger partial charge in [0.25, 0.3) is 0 Å². The van der Waals surface area contributed by atoms with Crippen molar-refractivity contribution in [3.05, 3.63) is 29.8 Å². The Morgan fingerprint density at radius 3 is 2.75 bits per heavy atom. The number of nitrogens with one attached hydrogen (secondary N) is 1. The molecule has 0 unspecified atom stereocenters. The molecule has 1 fully saturated rings. The van der Waals surface area contributed by atoms with Crippen molar-refractivity contribution in [3.8, 4) is 5.75 Å². The van der Waals surface area contributed by atoms with Crippen molar-refractivity contribution in [2.24, 2.45) is 0 Å². The minimum absolute atomic E-state index is 0.0453. The minimum atomic E-state index is -0.0567. The number of hydrogen-bond acceptors (Lipinski definition) is 4. The van der Waals surface area contributed by atoms with Crippen LogP contribution in [0.15, 0.2) is 24.3 Å². The van der Waals surface area contributed by atoms with Gasteiger partial charge in [0.15, 0.2) is 0 Å². The Morgan fingerprint density at radius 2 is 2.08 bits per heavy atom. The molecule has 0 aromatic heterocycles. The van der Waals surface area contributed by atoms with E-state index in [-0.39, 0.29) is 17.9 Å². The molecule has 1 heterocycles. The Morgan fingerprint density at radius 1 is 1.33 bits per heavy atom. The average Bonchev–Trinajstić information content (AvgIpc) is 2.59. The molecule has 1 saturated heterocycles. The van der Waals surface area contributed by atoms with Crippen LogP contribution in [-0.2, 0) is 20.7 Å². The van der Waals surface area contributed by atoms with Gasteiger partial charge >= 0.3 is 0 Å². The molecule has 1 aliphatic rings. The third-order valence-electron chi connectivity index (χ3n) is 4.21. The first kappa shape index (κ1) is 18.3. The van der Waals surface area contributed by atoms with Gasteiger partial charge in [-0.1, -0.05) is 12.1 Å². The van der Waals surface area contributed by atoms with Crippen LogP contribution in [0.1, 0.15) is 25.3 Å². The Balaban J connectivity index is 1.78. The van der Waals surface area contributed by atoms with E-state index in [1.807, 2.05) is 29.2 Å². The quantitative estimate of drug-likeness (QED) is 0.818. The van der Waals surface area contributed by atoms with Crippen molar-refractivity contribution in [3.63, 3.8) is 0 Å². The maximum absolute atomic E-state index is 12.1. The highest BCUT2D eigenvalue weighted by atomic mass is 16.5. The van der Waals surface area contributed by atoms with E-state index < -0.39 is 0 Å². The number of ether oxygens (including phenoxy) is 2. The molecule has 0 atom stereocenters. The first-order chi connectivity index (χ1) is 11.6. The van der Waals surface area contributed by atoms with Crippen molar-refractivity contribution in [2.45, 2.75) is 32.2 Å². The van der Waals surface area contributed by atoms with Crippen LogP contribution in [0.25, 0.3) is 0 Å². The second-order valence-corrected chi connectivity index (χ2v) is 5.93. The van der Waals surface area contributed by atoms with Crippen LogP contribution >= 0.6 is 0 Å². The zero-order valence-electron chi connectivity index (χ0n) is 14.4. The van der Waals surface area contributed by atoms with Gasteiger partial charge in [-0.3, -0.25) is 9.59 Å². The van der Waals surface area contributed by atoms with Crippen LogP contribution in [0, 0.1) is 0 Å². The van der Waals surface area contributed by atoms with Gasteiger partial charge in [0.2, 0.25) is 11.8 Å². The van der Waals surface area contributed by atoms with Gasteiger partial charge in [-0.25, -0.2) is 0 Å². The molecular formula is C18H26N2O4. The molecule has 0 saturated carbocycles. The second-order valence-electron chi connectivity index (χ2n) is 5.93. The number of methoxy groups -OCH3 is 1. The summed E-state index contributed by atoms with van der Waals surface area (Å²) in [4.78, 5) is 25.7. The lowest BCUT2D eigenvalue weighted by Gasteiger charge is -2.33. The van der Waals surface area contributed by atoms with Crippen molar-refractivity contribution in [1.82, 2.24) is 10.2 Å². The largest absolute Gasteiger partial charge is 0.497 e. The number of rotatable bonds is 7. The lowest BCUT2D eigenvalue weighted by atomic mass is 10.1. The molecule has 6 nitrogen and oxygen atoms in total. The first-order valence-corrected chi connectivity index (χ1v) is 8.34. The summed E-state index contributed by atoms with van der Waals surface area (Å²) in [7, 11) is 1.60. The van der Waals surface area contributed by atoms with Gasteiger partial charge < -0.3 is 19.7 Å². The molecule has 24 heavy (non-hydrogen) atoms. The van der Waals surface area contributed by atoms with Crippen LogP contribution in [0.3, 0.4) is 0 Å². The van der Waals surface area contributed by atoms with Crippen molar-refractivity contribution in [2.75, 3.05) is 33.4 Å². The fourth-order valence-electron chi connectivity index (χ4n) is 2.94. The summed E-state index contributed by atoms with van der Waals surface area (Å²) >= 11 is 0. The standard InChI is InChI=1S/C18H26N2O4/c1-14(21)20(16-6-10-24-11-7-16)9-8-19-18(22)13-15-4-3-5-17(12-15)23-2/h3-5,12,16H,6-11,13H2,1-2H3,(H,19,22). The summed E-state index contributed by atoms with van der Waals surface area (Å²) in [5.41, 5.74) is 0.903. The molecule has 0 aliphatic carbocycles. The van der Waals surface area contributed by atoms with Gasteiger partial charge in [-0.2, -0.15) is 0 Å². The number of benzene rings is 1. The molecule has 0 bridgehead atoms. The lowest BCUT2D eigenvalue weighted by molar-refractivity contribution is -0.133. The Kier molecular flexibility index (Phi) is 7.06. The highest BCUT2D eigenvalue weighted by molar-refractivity contribution is 5.78. The molecule has 0 spiro atoms. The number of nitrogens with zero attached hydrogens (tertiary/aromatic N) is 1. The zero-order chi connectivity index (χ0) is 17.4. The number of hydrogen-bond donors (Lipinski definition) is 1. The summed E-state index contributed by atoms with van der Waals surface area (Å²) in [6.45, 7) is 3.95. The SMILES string of the molecule is COc1cccc(CC(=O)NCCN(C(C)=O)C2CCOCC2)c1. The van der Waals surface area contributed by atoms with Crippen LogP contribution < -0.4 is 10.1 Å². The fourth-order valence-corrected chi connectivity index (χ4v) is 2.94. The lowest BCUT2D eigenvalue weighted by Crippen LogP contribution is -2.46. The molecule has 1 aliphatic heterocycles. The van der Waals surface area contributed by atoms with E-state index >= 15 is 0 Å². The van der Waals surface area contributed by atoms with Crippen LogP contribution in [0.5, 0.6) is 5.75 Å². The van der Waals surface area contributed by atoms with Gasteiger partial charge in [-0.15, -0.1) is 0 Å². The summed E-state index contributed by atoms with van der Waals surface area (Å²) in [5, 5.41) is 2.89. The van der Waals surface area contributed by atoms with E-state index in [1.54, 1.807) is 14.0 Å². The van der Waals surface area contributed by atoms with E-state index in [0.717, 1.165) is 24.2 Å². The van der Waals surface area contributed by atoms with E-state index in [4.69, 9.17) is 9.47 Å². The van der Waals surface area contributed by atoms with Gasteiger partial charge in [-0.05, 0) is 30.5 Å². The number of amides is 2. The average molecular weight is 334 g/mol. The molecule has 1 N–H and O–H groups in total. The summed E-state index contributed by atoms with van der Waals surface area (Å²) < 4.78 is 10.5. The van der Waals surface area contributed by atoms with Gasteiger partial charge in [0, 0.05) is 39.3 Å². The minimum Gasteiger partial charge on any atom is -0.497 e. The summed E-state index contributed by atoms with van der Waals surface area (Å²) in [6.07, 6.45) is 2.02. The van der Waals surface area contributed by atoms with Crippen molar-refractivity contribution < 1.29 is 19.1 Å². The van der Waals surface area contributed by atoms with Crippen molar-refractivity contribution in [1.29, 1.82) is 0 Å². The molecular weight excluding hydrogens is 308 g/mol. The van der Waals surface area contributed by atoms with Gasteiger partial charge in [0.1, 0.15) is 5.75 Å². The number of carbonyl (C=O) groups excluding carboxylic acids is 2. The second kappa shape index (κ2) is 9.27. The predicted molar refractivity (Wildman–Crippen MR) is 90.9 cm³/mol. The molecule has 6 heteroatoms. The van der Waals surface area contributed by atoms with E-state index in [9.17, 15) is 9.59 Å². The molecule has 2 amide bonds. The molecule has 1 aromatic carbocycles. The highest BCUT2D eigenvalue weighted by Crippen LogP contribution is 2.14. The van der Waals surface area contributed by atoms with Crippen LogP contribution in [0.2, 0.25) is 0 Å². The van der Waals surface area contributed by atoms with E-state index in [2.05, 4.69) is 5.32 Å². The highest BCUT2D eigenvalue weighted by Gasteiger charge is 2.23. The molecule has 0 radical (unpaired) electrons. The zero-order valence-corrected chi connectivity index (χ0v) is 14.4. The smallest absolute Gasteiger partial charge is 0.224 e. The Labute approximate surface area is 143 Å². The molecule has 1 aromatic rings. The maximum Gasteiger partial charge on any atom is 0.224 e. The summed E-state index contributed by atoms with van der Waals surface area (Å²) in [5.74, 6) is 0.727. The fraction of sp³-hybridized carbons (Fsp3) is 0.556. The predicted octanol–water partition coefficient (Wildman–Crippen LogP) is 1.38. The Bertz CT molecular complexity index is 556. The molecule has 132 valence electrons. The third kappa shape index (κ3) is 5.53. The maximum atomic E-state index is 12.1. The number of carbonyl (C=O) groups is 2. The first-order valence-electron chi connectivity index (χ1n) is 8.34. The monoisotopic (exact) mass is 334 g/mol. The van der Waals surface area contributed by atoms with Gasteiger partial charge in [0.05, 0.1) is 13.5 Å². The van der Waals surface area contributed by atoms with Crippen LogP contribution in [0.4, 0.5) is 0 Å². The summed E-state index contributed by atoms with van der Waals surface area (Å²) in [6, 6.07) is 7.67. The third-order valence-corrected chi connectivity index (χ3v) is 4.21. The van der Waals surface area contributed by atoms with Crippen LogP contribution in [-0.4, -0.2) is 56.2 Å².